The Balaban J connectivity index is 1.79. The maximum atomic E-state index is 12.5. The molecule has 3 heteroatoms. The third-order valence-electron chi connectivity index (χ3n) is 5.41. The van der Waals surface area contributed by atoms with Gasteiger partial charge in [0.15, 0.2) is 0 Å². The largest absolute Gasteiger partial charge is 0.375 e. The molecule has 116 valence electrons. The average Bonchev–Trinajstić information content (AvgIpc) is 2.91. The number of nitrogens with two attached hydrogens (primary N) is 1. The zero-order chi connectivity index (χ0) is 14.4. The van der Waals surface area contributed by atoms with E-state index < -0.39 is 0 Å². The summed E-state index contributed by atoms with van der Waals surface area (Å²) in [6, 6.07) is 0. The number of ketones is 1. The lowest BCUT2D eigenvalue weighted by molar-refractivity contribution is -0.136. The molecule has 2 unspecified atom stereocenters. The van der Waals surface area contributed by atoms with Crippen LogP contribution in [0.2, 0.25) is 0 Å². The topological polar surface area (TPSA) is 52.3 Å². The number of rotatable bonds is 7. The standard InChI is InChI=1S/C17H31NO2/c1-2-14(7-11-18)5-6-16(19)15-8-12-20-17(13-15)9-3-4-10-17/h14-15H,2-13,18H2,1H3. The summed E-state index contributed by atoms with van der Waals surface area (Å²) in [7, 11) is 0. The van der Waals surface area contributed by atoms with Gasteiger partial charge in [0.2, 0.25) is 0 Å². The lowest BCUT2D eigenvalue weighted by Gasteiger charge is -2.37. The predicted octanol–water partition coefficient (Wildman–Crippen LogP) is 3.45. The average molecular weight is 281 g/mol. The highest BCUT2D eigenvalue weighted by Gasteiger charge is 2.41. The molecular weight excluding hydrogens is 250 g/mol. The van der Waals surface area contributed by atoms with E-state index in [1.807, 2.05) is 0 Å². The van der Waals surface area contributed by atoms with Crippen LogP contribution in [0.25, 0.3) is 0 Å². The van der Waals surface area contributed by atoms with Crippen molar-refractivity contribution in [3.05, 3.63) is 0 Å². The number of hydrogen-bond donors (Lipinski definition) is 1. The fourth-order valence-corrected chi connectivity index (χ4v) is 4.01. The molecule has 0 radical (unpaired) electrons. The fourth-order valence-electron chi connectivity index (χ4n) is 4.01. The van der Waals surface area contributed by atoms with Crippen LogP contribution in [0.1, 0.15) is 71.1 Å². The molecule has 2 atom stereocenters. The molecule has 20 heavy (non-hydrogen) atoms. The molecule has 1 heterocycles. The molecule has 1 aliphatic heterocycles. The third kappa shape index (κ3) is 4.05. The lowest BCUT2D eigenvalue weighted by Crippen LogP contribution is -2.39. The molecule has 0 aromatic rings. The van der Waals surface area contributed by atoms with E-state index in [0.717, 1.165) is 51.7 Å². The van der Waals surface area contributed by atoms with Gasteiger partial charge in [-0.05, 0) is 51.0 Å². The van der Waals surface area contributed by atoms with Gasteiger partial charge in [-0.1, -0.05) is 26.2 Å². The molecule has 2 fully saturated rings. The van der Waals surface area contributed by atoms with Crippen molar-refractivity contribution in [2.45, 2.75) is 76.7 Å². The number of Topliss-reactive ketones (excluding diaryl/α,β-unsaturated/α-hetero) is 1. The van der Waals surface area contributed by atoms with Crippen molar-refractivity contribution in [1.29, 1.82) is 0 Å². The van der Waals surface area contributed by atoms with E-state index in [1.165, 1.54) is 25.7 Å². The number of ether oxygens (including phenoxy) is 1. The highest BCUT2D eigenvalue weighted by atomic mass is 16.5. The second kappa shape index (κ2) is 7.56. The normalized spacial score (nSPS) is 26.8. The molecule has 0 bridgehead atoms. The highest BCUT2D eigenvalue weighted by Crippen LogP contribution is 2.42. The van der Waals surface area contributed by atoms with Crippen molar-refractivity contribution in [3.8, 4) is 0 Å². The minimum absolute atomic E-state index is 0.0694. The molecule has 1 spiro atoms. The first-order valence-electron chi connectivity index (χ1n) is 8.56. The predicted molar refractivity (Wildman–Crippen MR) is 81.6 cm³/mol. The Bertz CT molecular complexity index is 310. The van der Waals surface area contributed by atoms with E-state index in [1.54, 1.807) is 0 Å². The van der Waals surface area contributed by atoms with E-state index in [0.29, 0.717) is 11.7 Å². The van der Waals surface area contributed by atoms with E-state index in [2.05, 4.69) is 6.92 Å². The van der Waals surface area contributed by atoms with E-state index >= 15 is 0 Å². The molecule has 2 aliphatic rings. The van der Waals surface area contributed by atoms with Crippen molar-refractivity contribution in [1.82, 2.24) is 0 Å². The maximum absolute atomic E-state index is 12.5. The Hall–Kier alpha value is -0.410. The van der Waals surface area contributed by atoms with Crippen LogP contribution in [-0.2, 0) is 9.53 Å². The summed E-state index contributed by atoms with van der Waals surface area (Å²) >= 11 is 0. The molecule has 2 N–H and O–H groups in total. The summed E-state index contributed by atoms with van der Waals surface area (Å²) < 4.78 is 6.02. The van der Waals surface area contributed by atoms with Crippen molar-refractivity contribution in [2.75, 3.05) is 13.2 Å². The summed E-state index contributed by atoms with van der Waals surface area (Å²) in [5, 5.41) is 0. The molecule has 0 aromatic carbocycles. The van der Waals surface area contributed by atoms with Gasteiger partial charge in [0.25, 0.3) is 0 Å². The van der Waals surface area contributed by atoms with Gasteiger partial charge >= 0.3 is 0 Å². The molecule has 1 saturated heterocycles. The quantitative estimate of drug-likeness (QED) is 0.777. The number of carbonyl (C=O) groups excluding carboxylic acids is 1. The summed E-state index contributed by atoms with van der Waals surface area (Å²) in [4.78, 5) is 12.5. The Kier molecular flexibility index (Phi) is 6.03. The zero-order valence-electron chi connectivity index (χ0n) is 13.0. The third-order valence-corrected chi connectivity index (χ3v) is 5.41. The van der Waals surface area contributed by atoms with Gasteiger partial charge in [-0.15, -0.1) is 0 Å². The van der Waals surface area contributed by atoms with Crippen molar-refractivity contribution in [2.24, 2.45) is 17.6 Å². The summed E-state index contributed by atoms with van der Waals surface area (Å²) in [5.74, 6) is 1.37. The van der Waals surface area contributed by atoms with Crippen molar-refractivity contribution < 1.29 is 9.53 Å². The molecule has 0 amide bonds. The zero-order valence-corrected chi connectivity index (χ0v) is 13.0. The van der Waals surface area contributed by atoms with Gasteiger partial charge in [-0.25, -0.2) is 0 Å². The van der Waals surface area contributed by atoms with Crippen LogP contribution in [-0.4, -0.2) is 24.5 Å². The Morgan fingerprint density at radius 1 is 1.35 bits per heavy atom. The minimum atomic E-state index is 0.0694. The van der Waals surface area contributed by atoms with E-state index in [9.17, 15) is 4.79 Å². The van der Waals surface area contributed by atoms with Crippen LogP contribution in [0.4, 0.5) is 0 Å². The number of carbonyl (C=O) groups is 1. The van der Waals surface area contributed by atoms with Crippen molar-refractivity contribution in [3.63, 3.8) is 0 Å². The monoisotopic (exact) mass is 281 g/mol. The van der Waals surface area contributed by atoms with Crippen molar-refractivity contribution >= 4 is 5.78 Å². The molecule has 0 aromatic heterocycles. The Labute approximate surface area is 123 Å². The van der Waals surface area contributed by atoms with E-state index in [4.69, 9.17) is 10.5 Å². The van der Waals surface area contributed by atoms with Gasteiger partial charge in [-0.3, -0.25) is 4.79 Å². The van der Waals surface area contributed by atoms with Gasteiger partial charge < -0.3 is 10.5 Å². The van der Waals surface area contributed by atoms with Crippen LogP contribution >= 0.6 is 0 Å². The van der Waals surface area contributed by atoms with Gasteiger partial charge in [0.1, 0.15) is 5.78 Å². The first-order valence-corrected chi connectivity index (χ1v) is 8.56. The molecule has 3 nitrogen and oxygen atoms in total. The van der Waals surface area contributed by atoms with E-state index in [-0.39, 0.29) is 11.5 Å². The lowest BCUT2D eigenvalue weighted by atomic mass is 9.80. The summed E-state index contributed by atoms with van der Waals surface area (Å²) in [5.41, 5.74) is 5.70. The Morgan fingerprint density at radius 2 is 2.10 bits per heavy atom. The van der Waals surface area contributed by atoms with Crippen LogP contribution in [0, 0.1) is 11.8 Å². The molecular formula is C17H31NO2. The summed E-state index contributed by atoms with van der Waals surface area (Å²) in [6.45, 7) is 3.73. The van der Waals surface area contributed by atoms with Crippen LogP contribution in [0.15, 0.2) is 0 Å². The molecule has 1 aliphatic carbocycles. The SMILES string of the molecule is CCC(CCN)CCC(=O)C1CCOC2(CCCC2)C1. The maximum Gasteiger partial charge on any atom is 0.136 e. The summed E-state index contributed by atoms with van der Waals surface area (Å²) in [6.07, 6.45) is 10.8. The van der Waals surface area contributed by atoms with Crippen LogP contribution in [0.5, 0.6) is 0 Å². The first kappa shape index (κ1) is 16.0. The van der Waals surface area contributed by atoms with Gasteiger partial charge in [-0.2, -0.15) is 0 Å². The van der Waals surface area contributed by atoms with Gasteiger partial charge in [0, 0.05) is 18.9 Å². The van der Waals surface area contributed by atoms with Crippen LogP contribution in [0.3, 0.4) is 0 Å². The minimum Gasteiger partial charge on any atom is -0.375 e. The van der Waals surface area contributed by atoms with Gasteiger partial charge in [0.05, 0.1) is 5.60 Å². The second-order valence-corrected chi connectivity index (χ2v) is 6.78. The smallest absolute Gasteiger partial charge is 0.136 e. The Morgan fingerprint density at radius 3 is 2.75 bits per heavy atom. The molecule has 2 rings (SSSR count). The number of hydrogen-bond acceptors (Lipinski definition) is 3. The highest BCUT2D eigenvalue weighted by molar-refractivity contribution is 5.81. The fraction of sp³-hybridized carbons (Fsp3) is 0.941. The first-order chi connectivity index (χ1) is 9.69. The molecule has 1 saturated carbocycles. The van der Waals surface area contributed by atoms with Crippen LogP contribution < -0.4 is 5.73 Å². The second-order valence-electron chi connectivity index (χ2n) is 6.78.